The number of furan rings is 1. The molecule has 0 saturated carbocycles. The number of nitrogens with zero attached hydrogens (tertiary/aromatic N) is 2. The van der Waals surface area contributed by atoms with Crippen LogP contribution < -0.4 is 10.5 Å². The van der Waals surface area contributed by atoms with Gasteiger partial charge in [-0.2, -0.15) is 0 Å². The number of hydrogen-bond acceptors (Lipinski definition) is 5. The van der Waals surface area contributed by atoms with Crippen LogP contribution in [-0.2, 0) is 11.2 Å². The zero-order chi connectivity index (χ0) is 22.4. The molecule has 1 saturated heterocycles. The second kappa shape index (κ2) is 8.02. The Hall–Kier alpha value is -3.25. The van der Waals surface area contributed by atoms with Gasteiger partial charge in [0.05, 0.1) is 18.2 Å². The van der Waals surface area contributed by atoms with Crippen LogP contribution in [0, 0.1) is 13.8 Å². The lowest BCUT2D eigenvalue weighted by atomic mass is 10.0. The number of piperazine rings is 1. The van der Waals surface area contributed by atoms with Crippen LogP contribution in [0.25, 0.3) is 21.9 Å². The van der Waals surface area contributed by atoms with Gasteiger partial charge in [0.15, 0.2) is 0 Å². The standard InChI is InChI=1S/C25H23ClN2O4/c1-15-14-31-22-13-23-20(11-19(15)22)16(2)21(25(30)32-23)12-24(29)28-8-6-27(7-9-28)18-5-3-4-17(26)10-18/h3-5,10-11,13-14H,6-9,12H2,1-2H3. The van der Waals surface area contributed by atoms with Gasteiger partial charge in [-0.05, 0) is 49.2 Å². The molecule has 164 valence electrons. The number of carbonyl (C=O) groups is 1. The second-order valence-corrected chi connectivity index (χ2v) is 8.72. The molecule has 2 aromatic carbocycles. The van der Waals surface area contributed by atoms with Gasteiger partial charge in [0.2, 0.25) is 5.91 Å². The lowest BCUT2D eigenvalue weighted by molar-refractivity contribution is -0.130. The Bertz CT molecular complexity index is 1400. The van der Waals surface area contributed by atoms with Crippen molar-refractivity contribution in [3.05, 3.63) is 74.8 Å². The molecule has 0 N–H and O–H groups in total. The van der Waals surface area contributed by atoms with Crippen molar-refractivity contribution in [3.8, 4) is 0 Å². The number of fused-ring (bicyclic) bond motifs is 2. The number of hydrogen-bond donors (Lipinski definition) is 0. The van der Waals surface area contributed by atoms with E-state index in [0.29, 0.717) is 34.8 Å². The monoisotopic (exact) mass is 450 g/mol. The molecule has 0 bridgehead atoms. The van der Waals surface area contributed by atoms with Crippen molar-refractivity contribution >= 4 is 45.1 Å². The van der Waals surface area contributed by atoms with Gasteiger partial charge in [-0.25, -0.2) is 4.79 Å². The van der Waals surface area contributed by atoms with Crippen LogP contribution in [0.3, 0.4) is 0 Å². The van der Waals surface area contributed by atoms with E-state index in [1.807, 2.05) is 49.1 Å². The van der Waals surface area contributed by atoms with Crippen molar-refractivity contribution in [2.45, 2.75) is 20.3 Å². The first kappa shape index (κ1) is 20.6. The lowest BCUT2D eigenvalue weighted by Crippen LogP contribution is -2.49. The number of anilines is 1. The highest BCUT2D eigenvalue weighted by atomic mass is 35.5. The molecule has 1 amide bonds. The van der Waals surface area contributed by atoms with Gasteiger partial charge in [-0.3, -0.25) is 4.79 Å². The minimum absolute atomic E-state index is 0.0314. The Labute approximate surface area is 190 Å². The summed E-state index contributed by atoms with van der Waals surface area (Å²) in [6, 6.07) is 11.4. The van der Waals surface area contributed by atoms with Gasteiger partial charge in [0.1, 0.15) is 11.2 Å². The van der Waals surface area contributed by atoms with E-state index in [9.17, 15) is 9.59 Å². The fourth-order valence-electron chi connectivity index (χ4n) is 4.39. The van der Waals surface area contributed by atoms with Crippen LogP contribution in [-0.4, -0.2) is 37.0 Å². The molecule has 4 aromatic rings. The maximum atomic E-state index is 13.0. The summed E-state index contributed by atoms with van der Waals surface area (Å²) in [7, 11) is 0. The van der Waals surface area contributed by atoms with Gasteiger partial charge < -0.3 is 18.6 Å². The van der Waals surface area contributed by atoms with Crippen LogP contribution in [0.4, 0.5) is 5.69 Å². The fourth-order valence-corrected chi connectivity index (χ4v) is 4.58. The first-order chi connectivity index (χ1) is 15.4. The van der Waals surface area contributed by atoms with Gasteiger partial charge in [-0.1, -0.05) is 17.7 Å². The van der Waals surface area contributed by atoms with Crippen LogP contribution in [0.15, 0.2) is 56.3 Å². The van der Waals surface area contributed by atoms with Crippen molar-refractivity contribution in [2.24, 2.45) is 0 Å². The molecule has 6 nitrogen and oxygen atoms in total. The summed E-state index contributed by atoms with van der Waals surface area (Å²) < 4.78 is 11.1. The first-order valence-corrected chi connectivity index (χ1v) is 11.0. The third-order valence-corrected chi connectivity index (χ3v) is 6.54. The molecule has 0 unspecified atom stereocenters. The third-order valence-electron chi connectivity index (χ3n) is 6.31. The van der Waals surface area contributed by atoms with Crippen LogP contribution in [0.1, 0.15) is 16.7 Å². The predicted molar refractivity (Wildman–Crippen MR) is 126 cm³/mol. The molecule has 2 aromatic heterocycles. The summed E-state index contributed by atoms with van der Waals surface area (Å²) in [5.74, 6) is -0.0638. The fraction of sp³-hybridized carbons (Fsp3) is 0.280. The molecule has 1 aliphatic heterocycles. The Morgan fingerprint density at radius 1 is 1.03 bits per heavy atom. The van der Waals surface area contributed by atoms with Crippen molar-refractivity contribution in [2.75, 3.05) is 31.1 Å². The van der Waals surface area contributed by atoms with E-state index < -0.39 is 5.63 Å². The summed E-state index contributed by atoms with van der Waals surface area (Å²) in [4.78, 5) is 29.7. The average Bonchev–Trinajstić information content (AvgIpc) is 3.15. The quantitative estimate of drug-likeness (QED) is 0.423. The summed E-state index contributed by atoms with van der Waals surface area (Å²) >= 11 is 6.10. The van der Waals surface area contributed by atoms with E-state index in [4.69, 9.17) is 20.4 Å². The molecule has 5 rings (SSSR count). The number of amides is 1. The van der Waals surface area contributed by atoms with E-state index in [1.54, 1.807) is 12.3 Å². The average molecular weight is 451 g/mol. The SMILES string of the molecule is Cc1coc2cc3oc(=O)c(CC(=O)N4CCN(c5cccc(Cl)c5)CC4)c(C)c3cc12. The molecular formula is C25H23ClN2O4. The zero-order valence-electron chi connectivity index (χ0n) is 18.0. The number of halogens is 1. The van der Waals surface area contributed by atoms with E-state index in [0.717, 1.165) is 40.7 Å². The maximum Gasteiger partial charge on any atom is 0.340 e. The van der Waals surface area contributed by atoms with Crippen molar-refractivity contribution in [1.29, 1.82) is 0 Å². The Morgan fingerprint density at radius 3 is 2.56 bits per heavy atom. The number of benzene rings is 2. The van der Waals surface area contributed by atoms with E-state index in [2.05, 4.69) is 4.90 Å². The number of carbonyl (C=O) groups excluding carboxylic acids is 1. The third kappa shape index (κ3) is 3.65. The highest BCUT2D eigenvalue weighted by Crippen LogP contribution is 2.29. The molecule has 32 heavy (non-hydrogen) atoms. The van der Waals surface area contributed by atoms with Crippen LogP contribution in [0.5, 0.6) is 0 Å². The van der Waals surface area contributed by atoms with Crippen molar-refractivity contribution in [1.82, 2.24) is 4.90 Å². The zero-order valence-corrected chi connectivity index (χ0v) is 18.7. The Kier molecular flexibility index (Phi) is 5.18. The highest BCUT2D eigenvalue weighted by Gasteiger charge is 2.24. The Balaban J connectivity index is 1.36. The smallest absolute Gasteiger partial charge is 0.340 e. The topological polar surface area (TPSA) is 66.9 Å². The first-order valence-electron chi connectivity index (χ1n) is 10.6. The normalized spacial score (nSPS) is 14.5. The summed E-state index contributed by atoms with van der Waals surface area (Å²) in [5, 5.41) is 2.50. The molecule has 1 fully saturated rings. The molecular weight excluding hydrogens is 428 g/mol. The van der Waals surface area contributed by atoms with Crippen LogP contribution in [0.2, 0.25) is 5.02 Å². The summed E-state index contributed by atoms with van der Waals surface area (Å²) in [6.45, 7) is 6.47. The van der Waals surface area contributed by atoms with Gasteiger partial charge in [0, 0.05) is 53.7 Å². The minimum Gasteiger partial charge on any atom is -0.464 e. The molecule has 0 atom stereocenters. The number of rotatable bonds is 3. The largest absolute Gasteiger partial charge is 0.464 e. The molecule has 1 aliphatic rings. The molecule has 3 heterocycles. The lowest BCUT2D eigenvalue weighted by Gasteiger charge is -2.36. The summed E-state index contributed by atoms with van der Waals surface area (Å²) in [6.07, 6.45) is 1.72. The van der Waals surface area contributed by atoms with Gasteiger partial charge in [-0.15, -0.1) is 0 Å². The van der Waals surface area contributed by atoms with Crippen molar-refractivity contribution in [3.63, 3.8) is 0 Å². The minimum atomic E-state index is -0.469. The van der Waals surface area contributed by atoms with Gasteiger partial charge in [0.25, 0.3) is 0 Å². The summed E-state index contributed by atoms with van der Waals surface area (Å²) in [5.41, 5.74) is 3.95. The molecule has 0 radical (unpaired) electrons. The maximum absolute atomic E-state index is 13.0. The van der Waals surface area contributed by atoms with E-state index in [-0.39, 0.29) is 12.3 Å². The van der Waals surface area contributed by atoms with Crippen LogP contribution >= 0.6 is 11.6 Å². The molecule has 0 spiro atoms. The molecule has 7 heteroatoms. The van der Waals surface area contributed by atoms with E-state index in [1.165, 1.54) is 0 Å². The highest BCUT2D eigenvalue weighted by molar-refractivity contribution is 6.30. The van der Waals surface area contributed by atoms with E-state index >= 15 is 0 Å². The molecule has 0 aliphatic carbocycles. The van der Waals surface area contributed by atoms with Crippen molar-refractivity contribution < 1.29 is 13.6 Å². The van der Waals surface area contributed by atoms with Gasteiger partial charge >= 0.3 is 5.63 Å². The Morgan fingerprint density at radius 2 is 1.81 bits per heavy atom. The predicted octanol–water partition coefficient (Wildman–Crippen LogP) is 4.70. The second-order valence-electron chi connectivity index (χ2n) is 8.28. The number of aryl methyl sites for hydroxylation is 2.